The van der Waals surface area contributed by atoms with E-state index in [2.05, 4.69) is 15.9 Å². The molecule has 1 saturated heterocycles. The molecular formula is C19H22BrNO4. The first kappa shape index (κ1) is 18.0. The first-order valence-corrected chi connectivity index (χ1v) is 9.35. The van der Waals surface area contributed by atoms with Crippen LogP contribution in [0.1, 0.15) is 43.6 Å². The molecule has 1 aliphatic heterocycles. The number of carboxylic acids is 1. The molecule has 0 saturated carbocycles. The summed E-state index contributed by atoms with van der Waals surface area (Å²) >= 11 is 3.53. The summed E-state index contributed by atoms with van der Waals surface area (Å²) in [4.78, 5) is 13.9. The first-order chi connectivity index (χ1) is 12.1. The molecule has 25 heavy (non-hydrogen) atoms. The van der Waals surface area contributed by atoms with E-state index in [4.69, 9.17) is 9.15 Å². The van der Waals surface area contributed by atoms with Crippen LogP contribution < -0.4 is 4.74 Å². The van der Waals surface area contributed by atoms with Crippen LogP contribution >= 0.6 is 15.9 Å². The molecular weight excluding hydrogens is 386 g/mol. The summed E-state index contributed by atoms with van der Waals surface area (Å²) in [7, 11) is 0. The quantitative estimate of drug-likeness (QED) is 0.764. The lowest BCUT2D eigenvalue weighted by molar-refractivity contribution is -0.145. The number of halogens is 1. The Hall–Kier alpha value is -1.79. The molecule has 0 aliphatic carbocycles. The van der Waals surface area contributed by atoms with Crippen molar-refractivity contribution in [2.75, 3.05) is 13.2 Å². The number of carboxylic acid groups (broad SMARTS) is 1. The molecule has 2 heterocycles. The molecule has 0 bridgehead atoms. The summed E-state index contributed by atoms with van der Waals surface area (Å²) in [5, 5.41) is 9.72. The maximum Gasteiger partial charge on any atom is 0.320 e. The van der Waals surface area contributed by atoms with Crippen molar-refractivity contribution >= 4 is 21.9 Å². The SMILES string of the molecule is CCOc1ccc(Br)cc1C(c1ccco1)N1CCCCC1C(=O)O. The van der Waals surface area contributed by atoms with Crippen LogP contribution in [-0.2, 0) is 4.79 Å². The molecule has 0 radical (unpaired) electrons. The Balaban J connectivity index is 2.10. The second-order valence-corrected chi connectivity index (χ2v) is 7.04. The summed E-state index contributed by atoms with van der Waals surface area (Å²) in [5.74, 6) is 0.693. The number of nitrogens with zero attached hydrogens (tertiary/aromatic N) is 1. The molecule has 1 aromatic heterocycles. The number of likely N-dealkylation sites (tertiary alicyclic amines) is 1. The minimum atomic E-state index is -0.788. The maximum atomic E-state index is 11.8. The van der Waals surface area contributed by atoms with Gasteiger partial charge in [-0.3, -0.25) is 9.69 Å². The van der Waals surface area contributed by atoms with E-state index in [1.54, 1.807) is 6.26 Å². The van der Waals surface area contributed by atoms with Gasteiger partial charge in [0, 0.05) is 16.6 Å². The Labute approximate surface area is 155 Å². The van der Waals surface area contributed by atoms with Gasteiger partial charge >= 0.3 is 5.97 Å². The van der Waals surface area contributed by atoms with Gasteiger partial charge in [-0.25, -0.2) is 0 Å². The van der Waals surface area contributed by atoms with Gasteiger partial charge in [0.1, 0.15) is 17.6 Å². The average Bonchev–Trinajstić information content (AvgIpc) is 3.12. The number of carbonyl (C=O) groups is 1. The van der Waals surface area contributed by atoms with Gasteiger partial charge in [0.05, 0.1) is 18.9 Å². The Morgan fingerprint density at radius 3 is 2.96 bits per heavy atom. The first-order valence-electron chi connectivity index (χ1n) is 8.56. The van der Waals surface area contributed by atoms with Crippen molar-refractivity contribution in [1.82, 2.24) is 4.90 Å². The van der Waals surface area contributed by atoms with Gasteiger partial charge in [-0.1, -0.05) is 22.4 Å². The molecule has 2 aromatic rings. The Kier molecular flexibility index (Phi) is 5.81. The monoisotopic (exact) mass is 407 g/mol. The van der Waals surface area contributed by atoms with Gasteiger partial charge in [0.15, 0.2) is 0 Å². The molecule has 1 fully saturated rings. The summed E-state index contributed by atoms with van der Waals surface area (Å²) in [6, 6.07) is 8.74. The molecule has 1 N–H and O–H groups in total. The number of piperidine rings is 1. The number of furan rings is 1. The number of aliphatic carboxylic acids is 1. The van der Waals surface area contributed by atoms with Gasteiger partial charge in [-0.15, -0.1) is 0 Å². The molecule has 0 amide bonds. The zero-order valence-electron chi connectivity index (χ0n) is 14.2. The summed E-state index contributed by atoms with van der Waals surface area (Å²) in [5.41, 5.74) is 0.916. The van der Waals surface area contributed by atoms with Gasteiger partial charge in [0.25, 0.3) is 0 Å². The van der Waals surface area contributed by atoms with Crippen molar-refractivity contribution in [2.45, 2.75) is 38.3 Å². The summed E-state index contributed by atoms with van der Waals surface area (Å²) in [6.07, 6.45) is 4.17. The third-order valence-electron chi connectivity index (χ3n) is 4.54. The normalized spacial score (nSPS) is 19.5. The lowest BCUT2D eigenvalue weighted by Crippen LogP contribution is -2.46. The van der Waals surface area contributed by atoms with Crippen molar-refractivity contribution < 1.29 is 19.1 Å². The summed E-state index contributed by atoms with van der Waals surface area (Å²) in [6.45, 7) is 3.19. The van der Waals surface area contributed by atoms with Crippen molar-refractivity contribution in [1.29, 1.82) is 0 Å². The highest BCUT2D eigenvalue weighted by Crippen LogP contribution is 2.39. The fraction of sp³-hybridized carbons (Fsp3) is 0.421. The standard InChI is InChI=1S/C19H22BrNO4/c1-2-24-16-9-8-13(20)12-14(16)18(17-7-5-11-25-17)21-10-4-3-6-15(21)19(22)23/h5,7-9,11-12,15,18H,2-4,6,10H2,1H3,(H,22,23). The van der Waals surface area contributed by atoms with E-state index in [-0.39, 0.29) is 6.04 Å². The van der Waals surface area contributed by atoms with Crippen LogP contribution in [0.5, 0.6) is 5.75 Å². The van der Waals surface area contributed by atoms with E-state index in [0.717, 1.165) is 34.4 Å². The van der Waals surface area contributed by atoms with Crippen molar-refractivity contribution in [2.24, 2.45) is 0 Å². The van der Waals surface area contributed by atoms with Gasteiger partial charge in [-0.05, 0) is 50.1 Å². The van der Waals surface area contributed by atoms with E-state index in [1.807, 2.05) is 42.2 Å². The predicted molar refractivity (Wildman–Crippen MR) is 97.8 cm³/mol. The highest BCUT2D eigenvalue weighted by Gasteiger charge is 2.37. The zero-order valence-corrected chi connectivity index (χ0v) is 15.7. The van der Waals surface area contributed by atoms with Crippen LogP contribution in [0.15, 0.2) is 45.5 Å². The van der Waals surface area contributed by atoms with Gasteiger partial charge in [-0.2, -0.15) is 0 Å². The minimum Gasteiger partial charge on any atom is -0.494 e. The van der Waals surface area contributed by atoms with Crippen molar-refractivity contribution in [3.8, 4) is 5.75 Å². The van der Waals surface area contributed by atoms with E-state index in [0.29, 0.717) is 19.6 Å². The Morgan fingerprint density at radius 1 is 1.44 bits per heavy atom. The minimum absolute atomic E-state index is 0.296. The fourth-order valence-electron chi connectivity index (χ4n) is 3.49. The number of hydrogen-bond donors (Lipinski definition) is 1. The molecule has 5 nitrogen and oxygen atoms in total. The molecule has 1 aromatic carbocycles. The van der Waals surface area contributed by atoms with Gasteiger partial charge in [0.2, 0.25) is 0 Å². The van der Waals surface area contributed by atoms with Crippen LogP contribution in [-0.4, -0.2) is 35.2 Å². The van der Waals surface area contributed by atoms with Crippen molar-refractivity contribution in [3.05, 3.63) is 52.4 Å². The smallest absolute Gasteiger partial charge is 0.320 e. The largest absolute Gasteiger partial charge is 0.494 e. The molecule has 1 aliphatic rings. The zero-order chi connectivity index (χ0) is 17.8. The van der Waals surface area contributed by atoms with E-state index in [1.165, 1.54) is 0 Å². The van der Waals surface area contributed by atoms with Crippen LogP contribution in [0.2, 0.25) is 0 Å². The average molecular weight is 408 g/mol. The third-order valence-corrected chi connectivity index (χ3v) is 5.03. The van der Waals surface area contributed by atoms with Gasteiger partial charge < -0.3 is 14.3 Å². The molecule has 0 spiro atoms. The summed E-state index contributed by atoms with van der Waals surface area (Å²) < 4.78 is 12.4. The number of ether oxygens (including phenoxy) is 1. The topological polar surface area (TPSA) is 62.9 Å². The van der Waals surface area contributed by atoms with E-state index in [9.17, 15) is 9.90 Å². The van der Waals surface area contributed by atoms with E-state index < -0.39 is 12.0 Å². The van der Waals surface area contributed by atoms with Crippen molar-refractivity contribution in [3.63, 3.8) is 0 Å². The predicted octanol–water partition coefficient (Wildman–Crippen LogP) is 4.47. The second kappa shape index (κ2) is 8.06. The molecule has 6 heteroatoms. The lowest BCUT2D eigenvalue weighted by atomic mass is 9.94. The molecule has 134 valence electrons. The van der Waals surface area contributed by atoms with Crippen LogP contribution in [0.3, 0.4) is 0 Å². The fourth-order valence-corrected chi connectivity index (χ4v) is 3.87. The maximum absolute atomic E-state index is 11.8. The number of rotatable bonds is 6. The van der Waals surface area contributed by atoms with E-state index >= 15 is 0 Å². The van der Waals surface area contributed by atoms with Crippen LogP contribution in [0, 0.1) is 0 Å². The molecule has 2 unspecified atom stereocenters. The van der Waals surface area contributed by atoms with Crippen LogP contribution in [0.25, 0.3) is 0 Å². The molecule has 3 rings (SSSR count). The third kappa shape index (κ3) is 3.90. The molecule has 2 atom stereocenters. The second-order valence-electron chi connectivity index (χ2n) is 6.12. The Morgan fingerprint density at radius 2 is 2.28 bits per heavy atom. The Bertz CT molecular complexity index is 716. The number of hydrogen-bond acceptors (Lipinski definition) is 4. The highest BCUT2D eigenvalue weighted by molar-refractivity contribution is 9.10. The highest BCUT2D eigenvalue weighted by atomic mass is 79.9. The lowest BCUT2D eigenvalue weighted by Gasteiger charge is -2.38. The van der Waals surface area contributed by atoms with Crippen LogP contribution in [0.4, 0.5) is 0 Å². The number of benzene rings is 1.